The Morgan fingerprint density at radius 3 is 2.03 bits per heavy atom. The SMILES string of the molecule is CN(C)S(=O)(=O)c1ccc(S(=O)(=O)n2cc(N3CCCCC3)c3ccccc32)cc1. The van der Waals surface area contributed by atoms with Gasteiger partial charge >= 0.3 is 0 Å². The molecule has 0 unspecified atom stereocenters. The Balaban J connectivity index is 1.80. The number of sulfonamides is 1. The lowest BCUT2D eigenvalue weighted by molar-refractivity contribution is 0.520. The zero-order valence-electron chi connectivity index (χ0n) is 17.0. The summed E-state index contributed by atoms with van der Waals surface area (Å²) in [6.45, 7) is 1.82. The molecule has 160 valence electrons. The molecule has 1 aliphatic rings. The maximum atomic E-state index is 13.4. The van der Waals surface area contributed by atoms with Crippen LogP contribution in [0.15, 0.2) is 64.5 Å². The molecule has 0 spiro atoms. The molecular formula is C21H25N3O4S2. The molecule has 3 aromatic rings. The van der Waals surface area contributed by atoms with Crippen LogP contribution in [0.2, 0.25) is 0 Å². The van der Waals surface area contributed by atoms with Crippen molar-refractivity contribution in [3.8, 4) is 0 Å². The van der Waals surface area contributed by atoms with Crippen molar-refractivity contribution >= 4 is 36.6 Å². The Hall–Kier alpha value is -2.36. The predicted molar refractivity (Wildman–Crippen MR) is 118 cm³/mol. The van der Waals surface area contributed by atoms with Crippen molar-refractivity contribution in [3.63, 3.8) is 0 Å². The molecule has 1 aliphatic heterocycles. The van der Waals surface area contributed by atoms with Gasteiger partial charge < -0.3 is 4.90 Å². The van der Waals surface area contributed by atoms with Crippen LogP contribution in [0.5, 0.6) is 0 Å². The second-order valence-electron chi connectivity index (χ2n) is 7.64. The minimum Gasteiger partial charge on any atom is -0.370 e. The molecule has 0 amide bonds. The fourth-order valence-corrected chi connectivity index (χ4v) is 6.09. The van der Waals surface area contributed by atoms with Gasteiger partial charge in [-0.15, -0.1) is 0 Å². The lowest BCUT2D eigenvalue weighted by Gasteiger charge is -2.28. The topological polar surface area (TPSA) is 79.7 Å². The summed E-state index contributed by atoms with van der Waals surface area (Å²) in [4.78, 5) is 2.34. The van der Waals surface area contributed by atoms with Gasteiger partial charge in [-0.1, -0.05) is 18.2 Å². The van der Waals surface area contributed by atoms with Gasteiger partial charge in [0.2, 0.25) is 10.0 Å². The third kappa shape index (κ3) is 3.51. The normalized spacial score (nSPS) is 15.8. The molecule has 2 heterocycles. The summed E-state index contributed by atoms with van der Waals surface area (Å²) in [6, 6.07) is 12.8. The average Bonchev–Trinajstić information content (AvgIpc) is 3.15. The molecule has 2 aromatic carbocycles. The van der Waals surface area contributed by atoms with E-state index in [1.807, 2.05) is 18.2 Å². The van der Waals surface area contributed by atoms with Gasteiger partial charge in [0.15, 0.2) is 0 Å². The fraction of sp³-hybridized carbons (Fsp3) is 0.333. The Morgan fingerprint density at radius 1 is 0.800 bits per heavy atom. The van der Waals surface area contributed by atoms with Gasteiger partial charge in [0.1, 0.15) is 0 Å². The Bertz CT molecular complexity index is 1270. The zero-order valence-corrected chi connectivity index (χ0v) is 18.7. The highest BCUT2D eigenvalue weighted by atomic mass is 32.2. The van der Waals surface area contributed by atoms with Crippen molar-refractivity contribution in [3.05, 3.63) is 54.7 Å². The maximum absolute atomic E-state index is 13.4. The van der Waals surface area contributed by atoms with E-state index in [1.54, 1.807) is 12.3 Å². The summed E-state index contributed by atoms with van der Waals surface area (Å²) in [5, 5.41) is 0.898. The minimum atomic E-state index is -3.88. The monoisotopic (exact) mass is 447 g/mol. The van der Waals surface area contributed by atoms with Crippen molar-refractivity contribution in [2.45, 2.75) is 29.1 Å². The van der Waals surface area contributed by atoms with Crippen molar-refractivity contribution in [1.29, 1.82) is 0 Å². The van der Waals surface area contributed by atoms with Crippen LogP contribution in [-0.2, 0) is 20.0 Å². The van der Waals surface area contributed by atoms with E-state index >= 15 is 0 Å². The lowest BCUT2D eigenvalue weighted by atomic mass is 10.1. The van der Waals surface area contributed by atoms with E-state index in [2.05, 4.69) is 4.90 Å². The van der Waals surface area contributed by atoms with Gasteiger partial charge in [-0.05, 0) is 49.6 Å². The number of anilines is 1. The van der Waals surface area contributed by atoms with Crippen molar-refractivity contribution in [2.75, 3.05) is 32.1 Å². The fourth-order valence-electron chi connectivity index (χ4n) is 3.83. The first-order valence-electron chi connectivity index (χ1n) is 9.86. The number of hydrogen-bond donors (Lipinski definition) is 0. The van der Waals surface area contributed by atoms with Crippen LogP contribution < -0.4 is 4.90 Å². The Morgan fingerprint density at radius 2 is 1.40 bits per heavy atom. The van der Waals surface area contributed by atoms with Crippen LogP contribution >= 0.6 is 0 Å². The first-order valence-corrected chi connectivity index (χ1v) is 12.7. The molecule has 9 heteroatoms. The van der Waals surface area contributed by atoms with Crippen molar-refractivity contribution in [2.24, 2.45) is 0 Å². The molecule has 0 saturated carbocycles. The molecule has 0 radical (unpaired) electrons. The molecule has 0 N–H and O–H groups in total. The number of hydrogen-bond acceptors (Lipinski definition) is 5. The largest absolute Gasteiger partial charge is 0.370 e. The first-order chi connectivity index (χ1) is 14.2. The number of piperidine rings is 1. The molecule has 1 saturated heterocycles. The number of para-hydroxylation sites is 1. The van der Waals surface area contributed by atoms with Gasteiger partial charge in [0, 0.05) is 38.8 Å². The summed E-state index contributed by atoms with van der Waals surface area (Å²) in [6.07, 6.45) is 5.06. The minimum absolute atomic E-state index is 0.0474. The van der Waals surface area contributed by atoms with E-state index in [0.717, 1.165) is 41.3 Å². The third-order valence-electron chi connectivity index (χ3n) is 5.51. The smallest absolute Gasteiger partial charge is 0.268 e. The molecule has 1 fully saturated rings. The van der Waals surface area contributed by atoms with Gasteiger partial charge in [0.25, 0.3) is 10.0 Å². The number of rotatable bonds is 5. The molecule has 0 atom stereocenters. The molecular weight excluding hydrogens is 422 g/mol. The highest BCUT2D eigenvalue weighted by molar-refractivity contribution is 7.90. The maximum Gasteiger partial charge on any atom is 0.268 e. The van der Waals surface area contributed by atoms with Gasteiger partial charge in [-0.25, -0.2) is 25.1 Å². The molecule has 1 aromatic heterocycles. The highest BCUT2D eigenvalue weighted by Gasteiger charge is 2.25. The molecule has 0 bridgehead atoms. The number of benzene rings is 2. The predicted octanol–water partition coefficient (Wildman–Crippen LogP) is 3.12. The average molecular weight is 448 g/mol. The van der Waals surface area contributed by atoms with Crippen LogP contribution in [0, 0.1) is 0 Å². The van der Waals surface area contributed by atoms with E-state index in [9.17, 15) is 16.8 Å². The number of aromatic nitrogens is 1. The van der Waals surface area contributed by atoms with Crippen LogP contribution in [0.3, 0.4) is 0 Å². The first kappa shape index (κ1) is 20.9. The van der Waals surface area contributed by atoms with E-state index in [0.29, 0.717) is 5.52 Å². The van der Waals surface area contributed by atoms with Gasteiger partial charge in [-0.3, -0.25) is 0 Å². The number of nitrogens with zero attached hydrogens (tertiary/aromatic N) is 3. The number of fused-ring (bicyclic) bond motifs is 1. The van der Waals surface area contributed by atoms with Crippen LogP contribution in [0.25, 0.3) is 10.9 Å². The third-order valence-corrected chi connectivity index (χ3v) is 9.03. The summed E-state index contributed by atoms with van der Waals surface area (Å²) >= 11 is 0. The molecule has 30 heavy (non-hydrogen) atoms. The highest BCUT2D eigenvalue weighted by Crippen LogP contribution is 2.33. The summed E-state index contributed by atoms with van der Waals surface area (Å²) in [5.41, 5.74) is 1.53. The zero-order chi connectivity index (χ0) is 21.5. The summed E-state index contributed by atoms with van der Waals surface area (Å²) < 4.78 is 53.8. The second kappa shape index (κ2) is 7.72. The summed E-state index contributed by atoms with van der Waals surface area (Å²) in [7, 11) is -4.63. The quantitative estimate of drug-likeness (QED) is 0.600. The standard InChI is InChI=1S/C21H25N3O4S2/c1-22(2)29(25,26)17-10-12-18(13-11-17)30(27,28)24-16-21(23-14-6-3-7-15-23)19-8-4-5-9-20(19)24/h4-5,8-13,16H,3,6-7,14-15H2,1-2H3. The van der Waals surface area contributed by atoms with Gasteiger partial charge in [0.05, 0.1) is 21.0 Å². The Labute approximate surface area is 177 Å². The van der Waals surface area contributed by atoms with Crippen LogP contribution in [-0.4, -0.2) is 52.3 Å². The molecule has 0 aliphatic carbocycles. The van der Waals surface area contributed by atoms with Crippen molar-refractivity contribution in [1.82, 2.24) is 8.28 Å². The summed E-state index contributed by atoms with van der Waals surface area (Å²) in [5.74, 6) is 0. The molecule has 4 rings (SSSR count). The van der Waals surface area contributed by atoms with E-state index in [-0.39, 0.29) is 9.79 Å². The van der Waals surface area contributed by atoms with E-state index in [4.69, 9.17) is 0 Å². The second-order valence-corrected chi connectivity index (χ2v) is 11.6. The molecule has 7 nitrogen and oxygen atoms in total. The van der Waals surface area contributed by atoms with E-state index < -0.39 is 20.0 Å². The van der Waals surface area contributed by atoms with Crippen molar-refractivity contribution < 1.29 is 16.8 Å². The lowest BCUT2D eigenvalue weighted by Crippen LogP contribution is -2.29. The van der Waals surface area contributed by atoms with Gasteiger partial charge in [-0.2, -0.15) is 0 Å². The van der Waals surface area contributed by atoms with Crippen LogP contribution in [0.1, 0.15) is 19.3 Å². The van der Waals surface area contributed by atoms with E-state index in [1.165, 1.54) is 48.8 Å². The van der Waals surface area contributed by atoms with Crippen LogP contribution in [0.4, 0.5) is 5.69 Å². The Kier molecular flexibility index (Phi) is 5.37.